The molecule has 7 nitrogen and oxygen atoms in total. The first-order chi connectivity index (χ1) is 13.0. The minimum atomic E-state index is -0.405. The third-order valence-corrected chi connectivity index (χ3v) is 5.11. The van der Waals surface area contributed by atoms with E-state index in [1.165, 1.54) is 9.80 Å². The van der Waals surface area contributed by atoms with Crippen LogP contribution in [0, 0.1) is 0 Å². The summed E-state index contributed by atoms with van der Waals surface area (Å²) in [7, 11) is 0. The molecule has 8 heteroatoms. The maximum atomic E-state index is 12.0. The second-order valence-electron chi connectivity index (χ2n) is 7.06. The summed E-state index contributed by atoms with van der Waals surface area (Å²) in [6, 6.07) is 7.04. The lowest BCUT2D eigenvalue weighted by Gasteiger charge is -2.29. The Morgan fingerprint density at radius 3 is 2.41 bits per heavy atom. The summed E-state index contributed by atoms with van der Waals surface area (Å²) >= 11 is 5.86. The van der Waals surface area contributed by atoms with Crippen LogP contribution in [0.2, 0.25) is 5.02 Å². The predicted molar refractivity (Wildman–Crippen MR) is 105 cm³/mol. The number of carbonyl (C=O) groups is 2. The lowest BCUT2D eigenvalue weighted by molar-refractivity contribution is -1.01. The van der Waals surface area contributed by atoms with E-state index in [-0.39, 0.29) is 11.9 Å². The summed E-state index contributed by atoms with van der Waals surface area (Å²) in [5.74, 6) is 0.607. The number of nitrogens with one attached hydrogen (secondary N) is 4. The first kappa shape index (κ1) is 21.5. The van der Waals surface area contributed by atoms with Crippen LogP contribution < -0.4 is 25.2 Å². The first-order valence-electron chi connectivity index (χ1n) is 9.62. The van der Waals surface area contributed by atoms with Crippen LogP contribution in [-0.4, -0.2) is 63.9 Å². The molecule has 1 heterocycles. The van der Waals surface area contributed by atoms with Crippen LogP contribution in [-0.2, 0) is 4.79 Å². The van der Waals surface area contributed by atoms with E-state index in [0.29, 0.717) is 18.2 Å². The highest BCUT2D eigenvalue weighted by Gasteiger charge is 2.25. The highest BCUT2D eigenvalue weighted by Crippen LogP contribution is 2.14. The molecular weight excluding hydrogens is 368 g/mol. The summed E-state index contributed by atoms with van der Waals surface area (Å²) < 4.78 is 5.74. The molecule has 150 valence electrons. The summed E-state index contributed by atoms with van der Waals surface area (Å²) in [4.78, 5) is 26.4. The van der Waals surface area contributed by atoms with E-state index in [4.69, 9.17) is 16.3 Å². The summed E-state index contributed by atoms with van der Waals surface area (Å²) in [6.45, 7) is 9.63. The molecule has 4 N–H and O–H groups in total. The molecule has 2 rings (SSSR count). The fraction of sp³-hybridized carbons (Fsp3) is 0.579. The van der Waals surface area contributed by atoms with E-state index in [1.54, 1.807) is 0 Å². The number of hydrogen-bond donors (Lipinski definition) is 4. The average molecular weight is 399 g/mol. The van der Waals surface area contributed by atoms with Crippen molar-refractivity contribution in [2.24, 2.45) is 0 Å². The van der Waals surface area contributed by atoms with Crippen molar-refractivity contribution in [3.05, 3.63) is 29.3 Å². The van der Waals surface area contributed by atoms with Crippen LogP contribution in [0.5, 0.6) is 5.75 Å². The van der Waals surface area contributed by atoms with E-state index < -0.39 is 6.03 Å². The number of piperazine rings is 1. The van der Waals surface area contributed by atoms with Crippen molar-refractivity contribution in [2.75, 3.05) is 45.9 Å². The van der Waals surface area contributed by atoms with Gasteiger partial charge in [-0.3, -0.25) is 10.1 Å². The highest BCUT2D eigenvalue weighted by molar-refractivity contribution is 6.30. The molecule has 1 aromatic rings. The van der Waals surface area contributed by atoms with Crippen LogP contribution >= 0.6 is 11.6 Å². The van der Waals surface area contributed by atoms with Gasteiger partial charge in [-0.05, 0) is 37.6 Å². The van der Waals surface area contributed by atoms with E-state index in [0.717, 1.165) is 44.9 Å². The number of carbonyl (C=O) groups excluding carboxylic acids is 2. The zero-order valence-electron chi connectivity index (χ0n) is 16.1. The lowest BCUT2D eigenvalue weighted by atomic mass is 10.3. The molecule has 27 heavy (non-hydrogen) atoms. The van der Waals surface area contributed by atoms with Gasteiger partial charge in [-0.25, -0.2) is 4.79 Å². The molecule has 3 amide bonds. The van der Waals surface area contributed by atoms with Gasteiger partial charge in [0.1, 0.15) is 45.1 Å². The lowest BCUT2D eigenvalue weighted by Crippen LogP contribution is -3.28. The Kier molecular flexibility index (Phi) is 8.84. The molecule has 0 aliphatic carbocycles. The van der Waals surface area contributed by atoms with Crippen LogP contribution in [0.3, 0.4) is 0 Å². The molecule has 1 aliphatic rings. The maximum Gasteiger partial charge on any atom is 0.321 e. The Balaban J connectivity index is 1.60. The molecule has 1 aromatic carbocycles. The second kappa shape index (κ2) is 11.1. The number of urea groups is 1. The Bertz CT molecular complexity index is 603. The number of halogens is 1. The molecule has 0 saturated carbocycles. The third-order valence-electron chi connectivity index (χ3n) is 4.86. The monoisotopic (exact) mass is 398 g/mol. The van der Waals surface area contributed by atoms with Gasteiger partial charge in [-0.15, -0.1) is 0 Å². The minimum Gasteiger partial charge on any atom is -0.488 e. The number of ether oxygens (including phenoxy) is 1. The van der Waals surface area contributed by atoms with E-state index >= 15 is 0 Å². The maximum absolute atomic E-state index is 12.0. The Labute approximate surface area is 166 Å². The van der Waals surface area contributed by atoms with Crippen LogP contribution in [0.4, 0.5) is 4.79 Å². The molecule has 0 bridgehead atoms. The molecule has 1 saturated heterocycles. The zero-order valence-corrected chi connectivity index (χ0v) is 16.9. The number of hydrogen-bond acceptors (Lipinski definition) is 3. The molecule has 0 unspecified atom stereocenters. The number of amides is 3. The summed E-state index contributed by atoms with van der Waals surface area (Å²) in [5, 5.41) is 5.86. The first-order valence-corrected chi connectivity index (χ1v) is 10.00. The Hall–Kier alpha value is -1.83. The van der Waals surface area contributed by atoms with Crippen LogP contribution in [0.15, 0.2) is 24.3 Å². The topological polar surface area (TPSA) is 76.3 Å². The molecular formula is C19H31ClN4O3+2. The summed E-state index contributed by atoms with van der Waals surface area (Å²) in [6.07, 6.45) is 0.833. The Morgan fingerprint density at radius 1 is 1.15 bits per heavy atom. The fourth-order valence-electron chi connectivity index (χ4n) is 2.99. The number of benzene rings is 1. The Morgan fingerprint density at radius 2 is 1.78 bits per heavy atom. The van der Waals surface area contributed by atoms with Crippen molar-refractivity contribution >= 4 is 23.5 Å². The molecule has 0 aromatic heterocycles. The molecule has 1 aliphatic heterocycles. The third kappa shape index (κ3) is 8.15. The second-order valence-corrected chi connectivity index (χ2v) is 7.50. The van der Waals surface area contributed by atoms with Crippen molar-refractivity contribution in [1.29, 1.82) is 0 Å². The zero-order chi connectivity index (χ0) is 19.6. The number of rotatable bonds is 8. The van der Waals surface area contributed by atoms with Crippen molar-refractivity contribution in [3.63, 3.8) is 0 Å². The fourth-order valence-corrected chi connectivity index (χ4v) is 3.11. The van der Waals surface area contributed by atoms with Gasteiger partial charge in [0, 0.05) is 11.1 Å². The molecule has 1 fully saturated rings. The van der Waals surface area contributed by atoms with E-state index in [2.05, 4.69) is 10.6 Å². The van der Waals surface area contributed by atoms with Crippen molar-refractivity contribution < 1.29 is 24.1 Å². The summed E-state index contributed by atoms with van der Waals surface area (Å²) in [5.41, 5.74) is 0. The molecule has 0 spiro atoms. The van der Waals surface area contributed by atoms with Gasteiger partial charge in [-0.2, -0.15) is 0 Å². The molecule has 0 radical (unpaired) electrons. The smallest absolute Gasteiger partial charge is 0.321 e. The minimum absolute atomic E-state index is 0.0624. The number of imide groups is 1. The van der Waals surface area contributed by atoms with Gasteiger partial charge >= 0.3 is 6.03 Å². The van der Waals surface area contributed by atoms with Crippen molar-refractivity contribution in [2.45, 2.75) is 26.3 Å². The van der Waals surface area contributed by atoms with Crippen LogP contribution in [0.25, 0.3) is 0 Å². The standard InChI is InChI=1S/C19H29ClN4O3/c1-3-15(2)21-19(26)22-18(25)14-24-10-8-23(9-11-24)12-13-27-17-6-4-16(20)5-7-17/h4-7,15H,3,8-14H2,1-2H3,(H2,21,22,25,26)/p+2/t15-/m1/s1. The predicted octanol–water partition coefficient (Wildman–Crippen LogP) is -0.873. The van der Waals surface area contributed by atoms with Gasteiger partial charge in [0.25, 0.3) is 5.91 Å². The highest BCUT2D eigenvalue weighted by atomic mass is 35.5. The molecule has 1 atom stereocenters. The van der Waals surface area contributed by atoms with Crippen molar-refractivity contribution in [1.82, 2.24) is 10.6 Å². The SMILES string of the molecule is CC[C@@H](C)NC(=O)NC(=O)C[NH+]1CC[NH+](CCOc2ccc(Cl)cc2)CC1. The van der Waals surface area contributed by atoms with Gasteiger partial charge in [0.2, 0.25) is 0 Å². The van der Waals surface area contributed by atoms with Gasteiger partial charge in [0.05, 0.1) is 0 Å². The van der Waals surface area contributed by atoms with Crippen molar-refractivity contribution in [3.8, 4) is 5.75 Å². The largest absolute Gasteiger partial charge is 0.488 e. The van der Waals surface area contributed by atoms with E-state index in [1.807, 2.05) is 38.1 Å². The van der Waals surface area contributed by atoms with Crippen LogP contribution in [0.1, 0.15) is 20.3 Å². The van der Waals surface area contributed by atoms with Gasteiger partial charge < -0.3 is 19.9 Å². The number of quaternary nitrogens is 2. The van der Waals surface area contributed by atoms with E-state index in [9.17, 15) is 9.59 Å². The normalized spacial score (nSPS) is 20.6. The average Bonchev–Trinajstić information content (AvgIpc) is 2.64. The quantitative estimate of drug-likeness (QED) is 0.459. The van der Waals surface area contributed by atoms with Gasteiger partial charge in [0.15, 0.2) is 6.54 Å². The van der Waals surface area contributed by atoms with Gasteiger partial charge in [-0.1, -0.05) is 18.5 Å².